The van der Waals surface area contributed by atoms with Crippen LogP contribution in [0.25, 0.3) is 0 Å². The van der Waals surface area contributed by atoms with E-state index in [0.29, 0.717) is 6.04 Å². The van der Waals surface area contributed by atoms with Crippen molar-refractivity contribution < 1.29 is 4.74 Å². The molecular weight excluding hydrogens is 178 g/mol. The summed E-state index contributed by atoms with van der Waals surface area (Å²) < 4.78 is 5.31. The number of hydrazine groups is 1. The van der Waals surface area contributed by atoms with Crippen molar-refractivity contribution >= 4 is 0 Å². The van der Waals surface area contributed by atoms with Gasteiger partial charge in [0, 0.05) is 32.2 Å². The summed E-state index contributed by atoms with van der Waals surface area (Å²) in [5.41, 5.74) is 3.22. The van der Waals surface area contributed by atoms with Crippen molar-refractivity contribution in [1.82, 2.24) is 15.3 Å². The first-order valence-corrected chi connectivity index (χ1v) is 5.48. The third kappa shape index (κ3) is 3.92. The van der Waals surface area contributed by atoms with Gasteiger partial charge in [-0.25, -0.2) is 5.01 Å². The summed E-state index contributed by atoms with van der Waals surface area (Å²) in [5.74, 6) is 0. The van der Waals surface area contributed by atoms with E-state index in [-0.39, 0.29) is 0 Å². The molecule has 1 saturated heterocycles. The van der Waals surface area contributed by atoms with Crippen LogP contribution in [0.1, 0.15) is 13.8 Å². The third-order valence-electron chi connectivity index (χ3n) is 2.67. The second kappa shape index (κ2) is 6.35. The Morgan fingerprint density at radius 2 is 2.00 bits per heavy atom. The molecule has 84 valence electrons. The normalized spacial score (nSPS) is 19.5. The maximum Gasteiger partial charge on any atom is 0.0594 e. The highest BCUT2D eigenvalue weighted by molar-refractivity contribution is 4.65. The van der Waals surface area contributed by atoms with Gasteiger partial charge >= 0.3 is 0 Å². The van der Waals surface area contributed by atoms with Crippen molar-refractivity contribution in [2.45, 2.75) is 19.9 Å². The molecule has 0 aromatic carbocycles. The van der Waals surface area contributed by atoms with Crippen molar-refractivity contribution in [1.29, 1.82) is 0 Å². The van der Waals surface area contributed by atoms with E-state index in [4.69, 9.17) is 4.74 Å². The number of hydrogen-bond acceptors (Lipinski definition) is 4. The highest BCUT2D eigenvalue weighted by atomic mass is 16.5. The van der Waals surface area contributed by atoms with Crippen LogP contribution in [0.3, 0.4) is 0 Å². The maximum absolute atomic E-state index is 5.31. The summed E-state index contributed by atoms with van der Waals surface area (Å²) in [4.78, 5) is 2.45. The second-order valence-corrected chi connectivity index (χ2v) is 3.96. The Morgan fingerprint density at radius 3 is 2.50 bits per heavy atom. The average Bonchev–Trinajstić information content (AvgIpc) is 2.20. The molecule has 4 heteroatoms. The van der Waals surface area contributed by atoms with Crippen LogP contribution >= 0.6 is 0 Å². The van der Waals surface area contributed by atoms with Crippen molar-refractivity contribution in [3.8, 4) is 0 Å². The summed E-state index contributed by atoms with van der Waals surface area (Å²) in [5, 5.41) is 2.26. The van der Waals surface area contributed by atoms with Gasteiger partial charge in [-0.2, -0.15) is 0 Å². The van der Waals surface area contributed by atoms with Crippen LogP contribution in [-0.2, 0) is 4.74 Å². The van der Waals surface area contributed by atoms with E-state index < -0.39 is 0 Å². The Hall–Kier alpha value is -0.160. The predicted octanol–water partition coefficient (Wildman–Crippen LogP) is 0.163. The minimum absolute atomic E-state index is 0.557. The summed E-state index contributed by atoms with van der Waals surface area (Å²) in [7, 11) is 1.99. The van der Waals surface area contributed by atoms with Gasteiger partial charge in [0.1, 0.15) is 0 Å². The molecule has 1 aliphatic heterocycles. The molecule has 0 aromatic heterocycles. The van der Waals surface area contributed by atoms with Gasteiger partial charge in [-0.15, -0.1) is 0 Å². The molecule has 1 fully saturated rings. The van der Waals surface area contributed by atoms with Crippen LogP contribution < -0.4 is 5.43 Å². The van der Waals surface area contributed by atoms with E-state index in [2.05, 4.69) is 29.2 Å². The molecule has 1 rings (SSSR count). The molecule has 1 heterocycles. The molecule has 0 radical (unpaired) electrons. The summed E-state index contributed by atoms with van der Waals surface area (Å²) in [6, 6.07) is 0.557. The van der Waals surface area contributed by atoms with Crippen LogP contribution in [0.5, 0.6) is 0 Å². The predicted molar refractivity (Wildman–Crippen MR) is 58.2 cm³/mol. The fraction of sp³-hybridized carbons (Fsp3) is 1.00. The highest BCUT2D eigenvalue weighted by Gasteiger charge is 2.12. The zero-order valence-corrected chi connectivity index (χ0v) is 9.62. The molecule has 0 aliphatic carbocycles. The fourth-order valence-electron chi connectivity index (χ4n) is 1.70. The molecule has 1 aliphatic rings. The lowest BCUT2D eigenvalue weighted by atomic mass is 10.3. The number of hydrogen-bond donors (Lipinski definition) is 1. The van der Waals surface area contributed by atoms with Gasteiger partial charge in [0.25, 0.3) is 0 Å². The number of ether oxygens (including phenoxy) is 1. The van der Waals surface area contributed by atoms with Crippen molar-refractivity contribution in [2.24, 2.45) is 0 Å². The molecule has 1 N–H and O–H groups in total. The summed E-state index contributed by atoms with van der Waals surface area (Å²) >= 11 is 0. The first kappa shape index (κ1) is 11.9. The van der Waals surface area contributed by atoms with Gasteiger partial charge in [0.05, 0.1) is 13.2 Å². The molecule has 4 nitrogen and oxygen atoms in total. The lowest BCUT2D eigenvalue weighted by Crippen LogP contribution is -2.47. The van der Waals surface area contributed by atoms with E-state index >= 15 is 0 Å². The lowest BCUT2D eigenvalue weighted by molar-refractivity contribution is 0.0279. The van der Waals surface area contributed by atoms with Crippen LogP contribution in [0, 0.1) is 0 Å². The summed E-state index contributed by atoms with van der Waals surface area (Å²) in [6.45, 7) is 10.6. The largest absolute Gasteiger partial charge is 0.379 e. The van der Waals surface area contributed by atoms with E-state index in [1.165, 1.54) is 0 Å². The maximum atomic E-state index is 5.31. The van der Waals surface area contributed by atoms with E-state index in [1.54, 1.807) is 0 Å². The van der Waals surface area contributed by atoms with Crippen LogP contribution in [0.4, 0.5) is 0 Å². The van der Waals surface area contributed by atoms with Gasteiger partial charge in [-0.05, 0) is 20.9 Å². The highest BCUT2D eigenvalue weighted by Crippen LogP contribution is 1.98. The van der Waals surface area contributed by atoms with Crippen molar-refractivity contribution in [2.75, 3.05) is 46.4 Å². The van der Waals surface area contributed by atoms with Gasteiger partial charge in [-0.3, -0.25) is 10.3 Å². The van der Waals surface area contributed by atoms with Gasteiger partial charge in [0.15, 0.2) is 0 Å². The van der Waals surface area contributed by atoms with Crippen LogP contribution in [0.15, 0.2) is 0 Å². The molecular formula is C10H23N3O. The molecule has 0 saturated carbocycles. The van der Waals surface area contributed by atoms with Crippen LogP contribution in [-0.4, -0.2) is 62.4 Å². The van der Waals surface area contributed by atoms with Gasteiger partial charge in [0.2, 0.25) is 0 Å². The first-order valence-electron chi connectivity index (χ1n) is 5.48. The molecule has 14 heavy (non-hydrogen) atoms. The Bertz CT molecular complexity index is 146. The van der Waals surface area contributed by atoms with E-state index in [9.17, 15) is 0 Å². The van der Waals surface area contributed by atoms with Crippen molar-refractivity contribution in [3.05, 3.63) is 0 Å². The number of rotatable bonds is 5. The molecule has 0 atom stereocenters. The van der Waals surface area contributed by atoms with Gasteiger partial charge in [-0.1, -0.05) is 0 Å². The Balaban J connectivity index is 2.16. The number of morpholine rings is 1. The number of nitrogens with one attached hydrogen (secondary N) is 1. The Morgan fingerprint density at radius 1 is 1.36 bits per heavy atom. The lowest BCUT2D eigenvalue weighted by Gasteiger charge is -2.31. The molecule has 0 bridgehead atoms. The zero-order chi connectivity index (χ0) is 10.4. The fourth-order valence-corrected chi connectivity index (χ4v) is 1.70. The SMILES string of the molecule is CNN(CCN1CCOCC1)C(C)C. The standard InChI is InChI=1S/C10H23N3O/c1-10(2)13(11-3)5-4-12-6-8-14-9-7-12/h10-11H,4-9H2,1-3H3. The molecule has 0 unspecified atom stereocenters. The smallest absolute Gasteiger partial charge is 0.0594 e. The molecule has 0 amide bonds. The monoisotopic (exact) mass is 201 g/mol. The topological polar surface area (TPSA) is 27.7 Å². The van der Waals surface area contributed by atoms with Crippen LogP contribution in [0.2, 0.25) is 0 Å². The van der Waals surface area contributed by atoms with Crippen molar-refractivity contribution in [3.63, 3.8) is 0 Å². The third-order valence-corrected chi connectivity index (χ3v) is 2.67. The minimum atomic E-state index is 0.557. The average molecular weight is 201 g/mol. The Labute approximate surface area is 87.2 Å². The molecule has 0 spiro atoms. The quantitative estimate of drug-likeness (QED) is 0.642. The molecule has 0 aromatic rings. The van der Waals surface area contributed by atoms with E-state index in [0.717, 1.165) is 39.4 Å². The van der Waals surface area contributed by atoms with Gasteiger partial charge < -0.3 is 4.74 Å². The second-order valence-electron chi connectivity index (χ2n) is 3.96. The Kier molecular flexibility index (Phi) is 5.40. The first-order chi connectivity index (χ1) is 6.74. The summed E-state index contributed by atoms with van der Waals surface area (Å²) in [6.07, 6.45) is 0. The zero-order valence-electron chi connectivity index (χ0n) is 9.62. The number of nitrogens with zero attached hydrogens (tertiary/aromatic N) is 2. The van der Waals surface area contributed by atoms with E-state index in [1.807, 2.05) is 7.05 Å². The minimum Gasteiger partial charge on any atom is -0.379 e.